The predicted molar refractivity (Wildman–Crippen MR) is 52.8 cm³/mol. The van der Waals surface area contributed by atoms with Crippen LogP contribution in [0.3, 0.4) is 0 Å². The van der Waals surface area contributed by atoms with Crippen molar-refractivity contribution in [2.75, 3.05) is 19.5 Å². The molecule has 0 aliphatic carbocycles. The fourth-order valence-electron chi connectivity index (χ4n) is 1.04. The highest BCUT2D eigenvalue weighted by atomic mass is 31.2. The molecule has 0 fully saturated rings. The van der Waals surface area contributed by atoms with Gasteiger partial charge >= 0.3 is 0 Å². The zero-order valence-electron chi connectivity index (χ0n) is 7.52. The topological polar surface area (TPSA) is 72.5 Å². The van der Waals surface area contributed by atoms with Crippen LogP contribution in [0.1, 0.15) is 0 Å². The molecule has 0 bridgehead atoms. The van der Waals surface area contributed by atoms with Crippen molar-refractivity contribution in [1.29, 1.82) is 0 Å². The summed E-state index contributed by atoms with van der Waals surface area (Å²) < 4.78 is 16.3. The number of ether oxygens (including phenoxy) is 1. The van der Waals surface area contributed by atoms with Crippen molar-refractivity contribution in [2.24, 2.45) is 0 Å². The number of nitrogens with two attached hydrogens (primary N) is 1. The van der Waals surface area contributed by atoms with E-state index < -0.39 is 7.37 Å². The second kappa shape index (κ2) is 3.40. The number of hydrogen-bond donors (Lipinski definition) is 2. The molecule has 1 rings (SSSR count). The van der Waals surface area contributed by atoms with Crippen LogP contribution in [0.25, 0.3) is 0 Å². The van der Waals surface area contributed by atoms with Gasteiger partial charge in [0.2, 0.25) is 7.37 Å². The predicted octanol–water partition coefficient (Wildman–Crippen LogP) is 0.803. The molecule has 3 N–H and O–H groups in total. The molecule has 0 aliphatic heterocycles. The molecule has 4 nitrogen and oxygen atoms in total. The summed E-state index contributed by atoms with van der Waals surface area (Å²) in [4.78, 5) is 9.33. The Bertz CT molecular complexity index is 358. The van der Waals surface area contributed by atoms with Gasteiger partial charge in [-0.25, -0.2) is 0 Å². The summed E-state index contributed by atoms with van der Waals surface area (Å²) in [6.07, 6.45) is 0. The molecular formula is C8H12NO3P. The van der Waals surface area contributed by atoms with E-state index in [1.54, 1.807) is 6.07 Å². The maximum absolute atomic E-state index is 11.3. The highest BCUT2D eigenvalue weighted by Gasteiger charge is 2.18. The van der Waals surface area contributed by atoms with Crippen LogP contribution in [-0.4, -0.2) is 18.7 Å². The minimum atomic E-state index is -3.27. The summed E-state index contributed by atoms with van der Waals surface area (Å²) in [6.45, 7) is 1.26. The van der Waals surface area contributed by atoms with Crippen LogP contribution in [0.5, 0.6) is 5.75 Å². The minimum absolute atomic E-state index is 0.296. The summed E-state index contributed by atoms with van der Waals surface area (Å²) >= 11 is 0. The zero-order valence-corrected chi connectivity index (χ0v) is 8.41. The molecule has 1 atom stereocenters. The van der Waals surface area contributed by atoms with E-state index in [9.17, 15) is 9.46 Å². The van der Waals surface area contributed by atoms with Crippen molar-refractivity contribution < 1.29 is 14.2 Å². The SMILES string of the molecule is COc1cc(N)ccc1P(C)(=O)O. The summed E-state index contributed by atoms with van der Waals surface area (Å²) in [5.74, 6) is 0.355. The highest BCUT2D eigenvalue weighted by molar-refractivity contribution is 7.65. The van der Waals surface area contributed by atoms with Gasteiger partial charge in [0, 0.05) is 18.4 Å². The fourth-order valence-corrected chi connectivity index (χ4v) is 1.95. The summed E-state index contributed by atoms with van der Waals surface area (Å²) in [5.41, 5.74) is 6.00. The van der Waals surface area contributed by atoms with Gasteiger partial charge in [0.15, 0.2) is 0 Å². The average Bonchev–Trinajstić information content (AvgIpc) is 2.01. The van der Waals surface area contributed by atoms with Gasteiger partial charge in [-0.3, -0.25) is 4.57 Å². The van der Waals surface area contributed by atoms with Crippen molar-refractivity contribution >= 4 is 18.4 Å². The Morgan fingerprint density at radius 1 is 1.54 bits per heavy atom. The van der Waals surface area contributed by atoms with E-state index in [0.717, 1.165) is 0 Å². The first-order valence-corrected chi connectivity index (χ1v) is 5.80. The Balaban J connectivity index is 3.30. The minimum Gasteiger partial charge on any atom is -0.496 e. The number of rotatable bonds is 2. The van der Waals surface area contributed by atoms with Gasteiger partial charge in [-0.05, 0) is 12.1 Å². The molecule has 1 unspecified atom stereocenters. The molecule has 0 amide bonds. The monoisotopic (exact) mass is 201 g/mol. The van der Waals surface area contributed by atoms with Crippen molar-refractivity contribution in [2.45, 2.75) is 0 Å². The van der Waals surface area contributed by atoms with E-state index >= 15 is 0 Å². The number of benzene rings is 1. The maximum atomic E-state index is 11.3. The number of anilines is 1. The lowest BCUT2D eigenvalue weighted by Gasteiger charge is -2.11. The molecule has 0 saturated heterocycles. The molecule has 0 saturated carbocycles. The number of hydrogen-bond acceptors (Lipinski definition) is 3. The van der Waals surface area contributed by atoms with Crippen LogP contribution in [0.15, 0.2) is 18.2 Å². The van der Waals surface area contributed by atoms with Gasteiger partial charge in [0.05, 0.1) is 12.4 Å². The van der Waals surface area contributed by atoms with Crippen molar-refractivity contribution in [1.82, 2.24) is 0 Å². The third-order valence-electron chi connectivity index (χ3n) is 1.65. The first-order chi connectivity index (χ1) is 5.95. The van der Waals surface area contributed by atoms with E-state index in [1.807, 2.05) is 0 Å². The Labute approximate surface area is 76.8 Å². The Kier molecular flexibility index (Phi) is 2.64. The van der Waals surface area contributed by atoms with E-state index in [0.29, 0.717) is 16.7 Å². The lowest BCUT2D eigenvalue weighted by Crippen LogP contribution is -2.08. The maximum Gasteiger partial charge on any atom is 0.230 e. The largest absolute Gasteiger partial charge is 0.496 e. The van der Waals surface area contributed by atoms with Crippen LogP contribution in [0, 0.1) is 0 Å². The standard InChI is InChI=1S/C8H12NO3P/c1-12-7-5-6(9)3-4-8(7)13(2,10)11/h3-5H,9H2,1-2H3,(H,10,11). The van der Waals surface area contributed by atoms with Crippen molar-refractivity contribution in [3.05, 3.63) is 18.2 Å². The summed E-state index contributed by atoms with van der Waals surface area (Å²) in [5, 5.41) is 0.296. The lowest BCUT2D eigenvalue weighted by molar-refractivity contribution is 0.416. The summed E-state index contributed by atoms with van der Waals surface area (Å²) in [6, 6.07) is 4.61. The van der Waals surface area contributed by atoms with E-state index in [1.165, 1.54) is 25.9 Å². The molecule has 5 heteroatoms. The van der Waals surface area contributed by atoms with Crippen LogP contribution in [-0.2, 0) is 4.57 Å². The van der Waals surface area contributed by atoms with Crippen LogP contribution in [0.2, 0.25) is 0 Å². The number of methoxy groups -OCH3 is 1. The lowest BCUT2D eigenvalue weighted by atomic mass is 10.3. The molecule has 0 aromatic heterocycles. The van der Waals surface area contributed by atoms with E-state index in [-0.39, 0.29) is 0 Å². The quantitative estimate of drug-likeness (QED) is 0.548. The van der Waals surface area contributed by atoms with Crippen molar-refractivity contribution in [3.8, 4) is 5.75 Å². The van der Waals surface area contributed by atoms with Crippen LogP contribution < -0.4 is 15.8 Å². The zero-order chi connectivity index (χ0) is 10.1. The highest BCUT2D eigenvalue weighted by Crippen LogP contribution is 2.38. The molecule has 0 radical (unpaired) electrons. The molecule has 13 heavy (non-hydrogen) atoms. The molecule has 0 aliphatic rings. The first-order valence-electron chi connectivity index (χ1n) is 3.69. The smallest absolute Gasteiger partial charge is 0.230 e. The molecule has 1 aromatic rings. The third kappa shape index (κ3) is 2.23. The van der Waals surface area contributed by atoms with Gasteiger partial charge in [0.1, 0.15) is 5.75 Å². The Hall–Kier alpha value is -0.990. The van der Waals surface area contributed by atoms with Gasteiger partial charge in [-0.1, -0.05) is 0 Å². The van der Waals surface area contributed by atoms with Crippen LogP contribution >= 0.6 is 7.37 Å². The summed E-state index contributed by atoms with van der Waals surface area (Å²) in [7, 11) is -1.83. The van der Waals surface area contributed by atoms with Gasteiger partial charge in [0.25, 0.3) is 0 Å². The van der Waals surface area contributed by atoms with Crippen molar-refractivity contribution in [3.63, 3.8) is 0 Å². The molecule has 72 valence electrons. The van der Waals surface area contributed by atoms with Gasteiger partial charge in [-0.2, -0.15) is 0 Å². The van der Waals surface area contributed by atoms with E-state index in [4.69, 9.17) is 10.5 Å². The molecule has 0 spiro atoms. The van der Waals surface area contributed by atoms with Gasteiger partial charge < -0.3 is 15.4 Å². The molecular weight excluding hydrogens is 189 g/mol. The first kappa shape index (κ1) is 10.1. The van der Waals surface area contributed by atoms with Crippen LogP contribution in [0.4, 0.5) is 5.69 Å². The molecule has 1 aromatic carbocycles. The Morgan fingerprint density at radius 3 is 2.62 bits per heavy atom. The fraction of sp³-hybridized carbons (Fsp3) is 0.250. The molecule has 0 heterocycles. The average molecular weight is 201 g/mol. The normalized spacial score (nSPS) is 15.0. The second-order valence-corrected chi connectivity index (χ2v) is 5.05. The third-order valence-corrected chi connectivity index (χ3v) is 2.91. The number of nitrogen functional groups attached to an aromatic ring is 1. The Morgan fingerprint density at radius 2 is 2.15 bits per heavy atom. The van der Waals surface area contributed by atoms with E-state index in [2.05, 4.69) is 0 Å². The van der Waals surface area contributed by atoms with Gasteiger partial charge in [-0.15, -0.1) is 0 Å². The second-order valence-electron chi connectivity index (χ2n) is 2.81.